The molecule has 0 atom stereocenters. The van der Waals surface area contributed by atoms with Crippen LogP contribution in [0.4, 0.5) is 4.79 Å². The van der Waals surface area contributed by atoms with E-state index < -0.39 is 10.9 Å². The van der Waals surface area contributed by atoms with Crippen LogP contribution in [0.2, 0.25) is 0 Å². The third-order valence-electron chi connectivity index (χ3n) is 2.77. The van der Waals surface area contributed by atoms with Gasteiger partial charge in [0.25, 0.3) is 0 Å². The first-order valence-electron chi connectivity index (χ1n) is 5.12. The molecule has 0 aromatic carbocycles. The van der Waals surface area contributed by atoms with Crippen LogP contribution in [0, 0.1) is 0 Å². The number of ether oxygens (including phenoxy) is 1. The Kier molecular flexibility index (Phi) is 3.20. The highest BCUT2D eigenvalue weighted by Crippen LogP contribution is 2.25. The van der Waals surface area contributed by atoms with Crippen molar-refractivity contribution in [2.24, 2.45) is 0 Å². The largest absolute Gasteiger partial charge is 0.459 e. The van der Waals surface area contributed by atoms with Crippen LogP contribution in [0.5, 0.6) is 0 Å². The molecule has 0 spiro atoms. The summed E-state index contributed by atoms with van der Waals surface area (Å²) in [4.78, 5) is 13.0. The van der Waals surface area contributed by atoms with Gasteiger partial charge in [0, 0.05) is 26.2 Å². The van der Waals surface area contributed by atoms with Gasteiger partial charge in [-0.3, -0.25) is 0 Å². The number of hydrogen-bond donors (Lipinski definition) is 1. The monoisotopic (exact) mass is 244 g/mol. The van der Waals surface area contributed by atoms with E-state index in [9.17, 15) is 13.2 Å². The average Bonchev–Trinajstić information content (AvgIpc) is 2.73. The van der Waals surface area contributed by atoms with Crippen molar-refractivity contribution in [3.8, 4) is 0 Å². The first-order chi connectivity index (χ1) is 7.61. The summed E-state index contributed by atoms with van der Waals surface area (Å²) in [7, 11) is -0.743. The van der Waals surface area contributed by atoms with Crippen LogP contribution in [-0.4, -0.2) is 64.2 Å². The van der Waals surface area contributed by atoms with Crippen molar-refractivity contribution in [2.45, 2.75) is 0 Å². The SMILES string of the molecule is BCOC(=O)N1CC2=C(C1)CN([SH](=O)=O)C2. The quantitative estimate of drug-likeness (QED) is 0.352. The topological polar surface area (TPSA) is 66.9 Å². The maximum absolute atomic E-state index is 11.4. The summed E-state index contributed by atoms with van der Waals surface area (Å²) in [5, 5.41) is 0. The maximum Gasteiger partial charge on any atom is 0.409 e. The lowest BCUT2D eigenvalue weighted by molar-refractivity contribution is 0.126. The number of carbonyl (C=O) groups excluding carboxylic acids is 1. The fraction of sp³-hybridized carbons (Fsp3) is 0.625. The lowest BCUT2D eigenvalue weighted by Crippen LogP contribution is -2.34. The minimum atomic E-state index is -2.51. The summed E-state index contributed by atoms with van der Waals surface area (Å²) in [6.07, 6.45) is -0.324. The summed E-state index contributed by atoms with van der Waals surface area (Å²) in [5.74, 6) is 0. The van der Waals surface area contributed by atoms with Crippen LogP contribution in [0.25, 0.3) is 0 Å². The van der Waals surface area contributed by atoms with Gasteiger partial charge >= 0.3 is 6.09 Å². The molecular formula is C8H13BN2O4S. The Bertz CT molecular complexity index is 394. The molecule has 0 N–H and O–H groups in total. The highest BCUT2D eigenvalue weighted by Gasteiger charge is 2.33. The van der Waals surface area contributed by atoms with Gasteiger partial charge in [-0.05, 0) is 11.1 Å². The van der Waals surface area contributed by atoms with Gasteiger partial charge in [-0.1, -0.05) is 0 Å². The molecule has 2 heterocycles. The number of rotatable bonds is 2. The van der Waals surface area contributed by atoms with E-state index in [1.807, 2.05) is 0 Å². The van der Waals surface area contributed by atoms with Crippen molar-refractivity contribution in [2.75, 3.05) is 32.7 Å². The third kappa shape index (κ3) is 2.07. The van der Waals surface area contributed by atoms with Crippen LogP contribution in [-0.2, 0) is 15.6 Å². The molecule has 0 aromatic heterocycles. The summed E-state index contributed by atoms with van der Waals surface area (Å²) in [5.41, 5.74) is 2.07. The van der Waals surface area contributed by atoms with Gasteiger partial charge in [-0.2, -0.15) is 4.31 Å². The molecule has 2 aliphatic heterocycles. The molecule has 0 bridgehead atoms. The van der Waals surface area contributed by atoms with Crippen LogP contribution < -0.4 is 0 Å². The number of amides is 1. The van der Waals surface area contributed by atoms with Crippen molar-refractivity contribution in [1.82, 2.24) is 9.21 Å². The molecule has 2 aliphatic rings. The van der Waals surface area contributed by atoms with Crippen molar-refractivity contribution in [3.05, 3.63) is 11.1 Å². The predicted molar refractivity (Wildman–Crippen MR) is 60.4 cm³/mol. The molecule has 0 saturated carbocycles. The molecule has 8 heteroatoms. The number of hydrogen-bond acceptors (Lipinski definition) is 4. The predicted octanol–water partition coefficient (Wildman–Crippen LogP) is -1.83. The maximum atomic E-state index is 11.4. The minimum absolute atomic E-state index is 0.324. The fourth-order valence-corrected chi connectivity index (χ4v) is 2.59. The van der Waals surface area contributed by atoms with E-state index in [1.54, 1.807) is 12.7 Å². The Labute approximate surface area is 96.3 Å². The number of thiol groups is 1. The Morgan fingerprint density at radius 3 is 2.25 bits per heavy atom. The van der Waals surface area contributed by atoms with Gasteiger partial charge in [0.2, 0.25) is 10.9 Å². The molecule has 88 valence electrons. The second-order valence-corrected chi connectivity index (χ2v) is 4.86. The fourth-order valence-electron chi connectivity index (χ4n) is 2.02. The zero-order chi connectivity index (χ0) is 11.7. The lowest BCUT2D eigenvalue weighted by Gasteiger charge is -2.19. The number of carbonyl (C=O) groups is 1. The van der Waals surface area contributed by atoms with Crippen LogP contribution in [0.1, 0.15) is 0 Å². The van der Waals surface area contributed by atoms with E-state index in [2.05, 4.69) is 0 Å². The van der Waals surface area contributed by atoms with Crippen molar-refractivity contribution in [3.63, 3.8) is 0 Å². The highest BCUT2D eigenvalue weighted by molar-refractivity contribution is 7.69. The van der Waals surface area contributed by atoms with E-state index in [4.69, 9.17) is 4.74 Å². The van der Waals surface area contributed by atoms with Crippen molar-refractivity contribution in [1.29, 1.82) is 0 Å². The smallest absolute Gasteiger partial charge is 0.409 e. The van der Waals surface area contributed by atoms with Gasteiger partial charge in [-0.25, -0.2) is 13.2 Å². The molecule has 1 amide bonds. The van der Waals surface area contributed by atoms with E-state index in [0.29, 0.717) is 32.7 Å². The lowest BCUT2D eigenvalue weighted by atomic mass is 10.2. The highest BCUT2D eigenvalue weighted by atomic mass is 32.2. The second-order valence-electron chi connectivity index (χ2n) is 3.82. The van der Waals surface area contributed by atoms with Gasteiger partial charge in [0.1, 0.15) is 0 Å². The average molecular weight is 244 g/mol. The van der Waals surface area contributed by atoms with Gasteiger partial charge in [-0.15, -0.1) is 0 Å². The Balaban J connectivity index is 1.93. The van der Waals surface area contributed by atoms with Crippen LogP contribution >= 0.6 is 0 Å². The minimum Gasteiger partial charge on any atom is -0.459 e. The van der Waals surface area contributed by atoms with Crippen molar-refractivity contribution < 1.29 is 17.9 Å². The first kappa shape index (κ1) is 11.5. The van der Waals surface area contributed by atoms with E-state index in [1.165, 1.54) is 4.31 Å². The number of nitrogens with zero attached hydrogens (tertiary/aromatic N) is 2. The van der Waals surface area contributed by atoms with Crippen LogP contribution in [0.15, 0.2) is 11.1 Å². The molecule has 16 heavy (non-hydrogen) atoms. The summed E-state index contributed by atoms with van der Waals surface area (Å²) in [6, 6.07) is 0. The van der Waals surface area contributed by atoms with Gasteiger partial charge in [0.15, 0.2) is 7.85 Å². The zero-order valence-corrected chi connectivity index (χ0v) is 9.90. The normalized spacial score (nSPS) is 20.7. The van der Waals surface area contributed by atoms with Gasteiger partial charge < -0.3 is 9.64 Å². The van der Waals surface area contributed by atoms with Crippen molar-refractivity contribution >= 4 is 24.8 Å². The standard InChI is InChI=1S/C8H13BN2O4S/c9-5-15-8(12)10-1-6-3-11(16(13)14)4-7(6)2-10/h16H,1-5,9H2. The van der Waals surface area contributed by atoms with Crippen LogP contribution in [0.3, 0.4) is 0 Å². The second kappa shape index (κ2) is 4.46. The summed E-state index contributed by atoms with van der Waals surface area (Å²) in [6.45, 7) is 2.19. The molecule has 0 aromatic rings. The molecule has 2 rings (SSSR count). The zero-order valence-electron chi connectivity index (χ0n) is 9.01. The molecule has 0 aliphatic carbocycles. The van der Waals surface area contributed by atoms with E-state index >= 15 is 0 Å². The third-order valence-corrected chi connectivity index (χ3v) is 3.51. The molecule has 0 fully saturated rings. The first-order valence-corrected chi connectivity index (χ1v) is 6.25. The molecule has 0 radical (unpaired) electrons. The summed E-state index contributed by atoms with van der Waals surface area (Å²) >= 11 is 0. The molecule has 6 nitrogen and oxygen atoms in total. The van der Waals surface area contributed by atoms with Gasteiger partial charge in [0.05, 0.1) is 6.51 Å². The molecule has 0 unspecified atom stereocenters. The van der Waals surface area contributed by atoms with E-state index in [0.717, 1.165) is 11.1 Å². The Hall–Kier alpha value is -1.02. The molecule has 0 saturated heterocycles. The molecular weight excluding hydrogens is 231 g/mol. The van der Waals surface area contributed by atoms with E-state index in [-0.39, 0.29) is 6.09 Å². The Morgan fingerprint density at radius 2 is 1.81 bits per heavy atom. The Morgan fingerprint density at radius 1 is 1.25 bits per heavy atom. The summed E-state index contributed by atoms with van der Waals surface area (Å²) < 4.78 is 27.8.